The summed E-state index contributed by atoms with van der Waals surface area (Å²) in [6.07, 6.45) is 8.34. The fraction of sp³-hybridized carbons (Fsp3) is 0.315. The quantitative estimate of drug-likeness (QED) is 0.0129. The van der Waals surface area contributed by atoms with Crippen LogP contribution in [0.1, 0.15) is 30.0 Å². The molecule has 0 saturated carbocycles. The van der Waals surface area contributed by atoms with Gasteiger partial charge in [-0.2, -0.15) is 0 Å². The molecule has 0 unspecified atom stereocenters. The third-order valence-corrected chi connectivity index (χ3v) is 25.8. The van der Waals surface area contributed by atoms with Gasteiger partial charge < -0.3 is 101 Å². The molecule has 0 aliphatic carbocycles. The second-order valence-corrected chi connectivity index (χ2v) is 35.6. The molecule has 37 heteroatoms. The molecule has 658 valence electrons. The first kappa shape index (κ1) is 90.6. The number of carbonyl (C=O) groups excluding carboxylic acids is 3. The average molecular weight is 1810 g/mol. The normalized spacial score (nSPS) is 12.4. The average Bonchev–Trinajstić information content (AvgIpc) is 0.972. The molecule has 3 amide bonds. The molecule has 0 bridgehead atoms. The number of amides is 3. The molecule has 6 aromatic carbocycles. The zero-order valence-corrected chi connectivity index (χ0v) is 74.8. The van der Waals surface area contributed by atoms with Crippen molar-refractivity contribution in [2.45, 2.75) is 62.9 Å². The van der Waals surface area contributed by atoms with Gasteiger partial charge in [0.05, 0.1) is 69.1 Å². The fourth-order valence-electron chi connectivity index (χ4n) is 14.4. The summed E-state index contributed by atoms with van der Waals surface area (Å²) in [5.74, 6) is 5.35. The summed E-state index contributed by atoms with van der Waals surface area (Å²) >= 11 is 5.28. The lowest BCUT2D eigenvalue weighted by Gasteiger charge is -2.20. The number of aromatic nitrogens is 8. The minimum absolute atomic E-state index is 0.0993. The number of phenols is 1. The number of aliphatic hydroxyl groups is 3. The Balaban J connectivity index is 0.000000143. The van der Waals surface area contributed by atoms with Crippen LogP contribution in [-0.2, 0) is 39.5 Å². The lowest BCUT2D eigenvalue weighted by molar-refractivity contribution is 0.161. The summed E-state index contributed by atoms with van der Waals surface area (Å²) in [5, 5.41) is 49.2. The highest BCUT2D eigenvalue weighted by Crippen LogP contribution is 2.44. The number of halogens is 1. The highest BCUT2D eigenvalue weighted by atomic mass is 35.5. The largest absolute Gasteiger partial charge is 0.508 e. The molecule has 0 radical (unpaired) electrons. The first-order valence-corrected chi connectivity index (χ1v) is 45.1. The molecule has 3 aliphatic heterocycles. The Morgan fingerprint density at radius 1 is 0.413 bits per heavy atom. The van der Waals surface area contributed by atoms with Crippen molar-refractivity contribution < 1.29 is 72.7 Å². The van der Waals surface area contributed by atoms with E-state index in [9.17, 15) is 49.2 Å². The van der Waals surface area contributed by atoms with E-state index in [1.165, 1.54) is 31.6 Å². The van der Waals surface area contributed by atoms with Gasteiger partial charge in [0.15, 0.2) is 34.5 Å². The molecule has 14 aromatic rings. The summed E-state index contributed by atoms with van der Waals surface area (Å²) in [6, 6.07) is 32.1. The zero-order chi connectivity index (χ0) is 89.1. The maximum atomic E-state index is 14.1. The maximum Gasteiger partial charge on any atom is 0.415 e. The topological polar surface area (TPSA) is 356 Å². The monoisotopic (exact) mass is 1810 g/mol. The molecule has 3 aliphatic rings. The number of hydrogen-bond acceptors (Lipinski definition) is 30. The number of pyridine rings is 8. The minimum Gasteiger partial charge on any atom is -0.508 e. The Kier molecular flexibility index (Phi) is 29.3. The summed E-state index contributed by atoms with van der Waals surface area (Å²) in [6.45, 7) is 6.14. The highest BCUT2D eigenvalue weighted by Gasteiger charge is 2.28. The van der Waals surface area contributed by atoms with Crippen molar-refractivity contribution >= 4 is 170 Å². The summed E-state index contributed by atoms with van der Waals surface area (Å²) in [7, 11) is 23.0. The number of aliphatic hydroxyl groups excluding tert-OH is 3. The third-order valence-electron chi connectivity index (χ3n) is 21.0. The molecule has 0 saturated heterocycles. The fourth-order valence-corrected chi connectivity index (χ4v) is 18.3. The van der Waals surface area contributed by atoms with Crippen molar-refractivity contribution in [2.75, 3.05) is 135 Å². The van der Waals surface area contributed by atoms with Gasteiger partial charge >= 0.3 is 17.6 Å². The molecule has 8 aromatic heterocycles. The minimum atomic E-state index is -0.583. The van der Waals surface area contributed by atoms with E-state index < -0.39 is 17.6 Å². The molecule has 4 N–H and O–H groups in total. The van der Waals surface area contributed by atoms with Gasteiger partial charge in [-0.1, -0.05) is 40.6 Å². The summed E-state index contributed by atoms with van der Waals surface area (Å²) < 4.78 is 49.9. The van der Waals surface area contributed by atoms with E-state index in [0.29, 0.717) is 170 Å². The van der Waals surface area contributed by atoms with Gasteiger partial charge in [0, 0.05) is 190 Å². The van der Waals surface area contributed by atoms with E-state index in [-0.39, 0.29) is 74.1 Å². The standard InChI is InChI=1S/C31H31N5O6S2.C27H30N4O6.C22H21N3O5.C9H11ClN2OS2/c1-34(2)8-9-36-29-22-14-26-27(41-18-40-26)15-24(22)33-16-23(29)20-12-19(17-37)25(13-21(20)30(36)38)42-31(39)35(3)10-11-43-44-28-6-4-5-7-32-28;1-5-6-30(4)27(34)37-22-10-18-17(9-16(22)14-32)20-13-28-21-12-24-23(35-15-36-24)11-19(21)25(20)31(26(18)33)8-7-29(2)3;1-24(2)3-4-25-21-15-7-19-20(30-11-29-19)8-17(15)23-9-16(21)13-5-12(10-26)18(27)6-14(13)22(25)28;1-12(9(10)13)6-7-14-15-8-4-2-3-5-11-8/h4-7,12-16,37H,8-11,17-18H2,1-3H3;9-13,32H,5-8,14-15H2,1-4H3;5-9,26-27H,3-4,10-11H2,1-2H3;2-5H,6-7H2,1H3. The van der Waals surface area contributed by atoms with Crippen LogP contribution in [0.4, 0.5) is 14.4 Å². The van der Waals surface area contributed by atoms with E-state index in [0.717, 1.165) is 65.6 Å². The summed E-state index contributed by atoms with van der Waals surface area (Å²) in [5.41, 5.74) is 4.71. The molecule has 0 spiro atoms. The number of nitrogens with zero attached hydrogens (tertiary/aromatic N) is 14. The van der Waals surface area contributed by atoms with E-state index >= 15 is 0 Å². The van der Waals surface area contributed by atoms with Crippen LogP contribution in [0.15, 0.2) is 165 Å². The number of fused-ring (bicyclic) bond motifs is 18. The first-order chi connectivity index (χ1) is 60.8. The van der Waals surface area contributed by atoms with E-state index in [1.54, 1.807) is 129 Å². The number of rotatable bonds is 26. The Morgan fingerprint density at radius 2 is 0.754 bits per heavy atom. The van der Waals surface area contributed by atoms with Crippen molar-refractivity contribution in [2.24, 2.45) is 0 Å². The molecule has 0 fully saturated rings. The van der Waals surface area contributed by atoms with Crippen molar-refractivity contribution in [1.82, 2.24) is 68.0 Å². The van der Waals surface area contributed by atoms with Gasteiger partial charge in [0.2, 0.25) is 20.4 Å². The van der Waals surface area contributed by atoms with E-state index in [4.69, 9.17) is 49.5 Å². The van der Waals surface area contributed by atoms with Gasteiger partial charge in [-0.25, -0.2) is 19.6 Å². The Bertz CT molecular complexity index is 6660. The van der Waals surface area contributed by atoms with Gasteiger partial charge in [-0.3, -0.25) is 34.1 Å². The molecule has 32 nitrogen and oxygen atoms in total. The lowest BCUT2D eigenvalue weighted by atomic mass is 10.0. The Hall–Kier alpha value is -11.7. The predicted octanol–water partition coefficient (Wildman–Crippen LogP) is 13.4. The van der Waals surface area contributed by atoms with Gasteiger partial charge in [-0.05, 0) is 177 Å². The van der Waals surface area contributed by atoms with Crippen LogP contribution < -0.4 is 54.6 Å². The molecular formula is C89H93ClN14O18S4. The molecule has 126 heavy (non-hydrogen) atoms. The highest BCUT2D eigenvalue weighted by molar-refractivity contribution is 8.77. The predicted molar refractivity (Wildman–Crippen MR) is 493 cm³/mol. The van der Waals surface area contributed by atoms with Gasteiger partial charge in [0.25, 0.3) is 16.7 Å². The SMILES string of the molecule is CCCN(C)C(=O)Oc1cc2c(=O)n(CCN(C)C)c3c4cc5c(cc4ncc3c2cc1CO)OCO5.CN(C)CCn1c(=O)c2cc(O)c(CO)cc2c2cnc3cc4c(cc3c21)OCO4.CN(C)CCn1c(=O)c2cc(OC(=O)N(C)CCSSc3ccccn3)c(CO)cc2c2cnc3cc4c(cc3c21)OCO4.CN(CCSSc1ccccn1)C(=O)Cl. The maximum absolute atomic E-state index is 14.1. The van der Waals surface area contributed by atoms with Crippen LogP contribution in [0.2, 0.25) is 0 Å². The molecule has 11 heterocycles. The number of hydrogen-bond donors (Lipinski definition) is 4. The molecule has 17 rings (SSSR count). The van der Waals surface area contributed by atoms with E-state index in [2.05, 4.69) is 24.9 Å². The number of carbonyl (C=O) groups is 3. The van der Waals surface area contributed by atoms with Crippen LogP contribution in [0.5, 0.6) is 51.7 Å². The first-order valence-electron chi connectivity index (χ1n) is 40.1. The third kappa shape index (κ3) is 20.1. The Labute approximate surface area is 743 Å². The van der Waals surface area contributed by atoms with Crippen molar-refractivity contribution in [3.8, 4) is 51.7 Å². The smallest absolute Gasteiger partial charge is 0.415 e. The van der Waals surface area contributed by atoms with Gasteiger partial charge in [-0.15, -0.1) is 0 Å². The summed E-state index contributed by atoms with van der Waals surface area (Å²) in [4.78, 5) is 111. The molecular weight excluding hydrogens is 1720 g/mol. The van der Waals surface area contributed by atoms with Crippen LogP contribution in [0.25, 0.3) is 97.7 Å². The molecule has 0 atom stereocenters. The van der Waals surface area contributed by atoms with Crippen molar-refractivity contribution in [1.29, 1.82) is 0 Å². The number of benzene rings is 6. The Morgan fingerprint density at radius 3 is 1.09 bits per heavy atom. The number of likely N-dealkylation sites (N-methyl/N-ethyl adjacent to an activating group) is 3. The second-order valence-electron chi connectivity index (χ2n) is 30.4. The number of aromatic hydroxyl groups is 1. The van der Waals surface area contributed by atoms with Crippen LogP contribution in [0, 0.1) is 0 Å². The van der Waals surface area contributed by atoms with Crippen LogP contribution >= 0.6 is 54.8 Å². The second kappa shape index (κ2) is 40.7. The lowest BCUT2D eigenvalue weighted by Crippen LogP contribution is -2.32. The van der Waals surface area contributed by atoms with Crippen molar-refractivity contribution in [3.05, 3.63) is 188 Å². The van der Waals surface area contributed by atoms with Crippen LogP contribution in [0.3, 0.4) is 0 Å². The van der Waals surface area contributed by atoms with Crippen LogP contribution in [-0.4, -0.2) is 241 Å². The van der Waals surface area contributed by atoms with Crippen molar-refractivity contribution in [3.63, 3.8) is 0 Å². The van der Waals surface area contributed by atoms with Gasteiger partial charge in [0.1, 0.15) is 27.3 Å². The number of ether oxygens (including phenoxy) is 8. The zero-order valence-electron chi connectivity index (χ0n) is 70.8. The van der Waals surface area contributed by atoms with E-state index in [1.807, 2.05) is 137 Å².